The number of carboxylic acid groups (broad SMARTS) is 1. The summed E-state index contributed by atoms with van der Waals surface area (Å²) in [6.07, 6.45) is 0.127. The third-order valence-electron chi connectivity index (χ3n) is 3.29. The molecule has 2 aromatic carbocycles. The highest BCUT2D eigenvalue weighted by Crippen LogP contribution is 2.38. The lowest BCUT2D eigenvalue weighted by molar-refractivity contribution is -0.137. The van der Waals surface area contributed by atoms with E-state index < -0.39 is 5.97 Å². The molecule has 2 rings (SSSR count). The second-order valence-corrected chi connectivity index (χ2v) is 6.14. The molecule has 0 radical (unpaired) electrons. The van der Waals surface area contributed by atoms with E-state index in [-0.39, 0.29) is 11.7 Å². The smallest absolute Gasteiger partial charge is 0.304 e. The standard InChI is InChI=1S/C17H18O2S/c1-12-8-9-15(10-13(12)2)20-16(11-17(18)19)14-6-4-3-5-7-14/h3-10,16H,11H2,1-2H3,(H,18,19). The fourth-order valence-electron chi connectivity index (χ4n) is 2.01. The summed E-state index contributed by atoms with van der Waals surface area (Å²) >= 11 is 1.61. The highest BCUT2D eigenvalue weighted by atomic mass is 32.2. The van der Waals surface area contributed by atoms with Crippen molar-refractivity contribution in [2.75, 3.05) is 0 Å². The summed E-state index contributed by atoms with van der Waals surface area (Å²) in [7, 11) is 0. The minimum absolute atomic E-state index is 0.0594. The van der Waals surface area contributed by atoms with Crippen LogP contribution in [0.1, 0.15) is 28.4 Å². The van der Waals surface area contributed by atoms with Gasteiger partial charge in [-0.2, -0.15) is 0 Å². The molecule has 0 aliphatic heterocycles. The fraction of sp³-hybridized carbons (Fsp3) is 0.235. The molecule has 0 fully saturated rings. The Morgan fingerprint density at radius 1 is 1.10 bits per heavy atom. The fourth-order valence-corrected chi connectivity index (χ4v) is 3.24. The Kier molecular flexibility index (Phi) is 4.85. The average molecular weight is 286 g/mol. The molecule has 3 heteroatoms. The number of hydrogen-bond donors (Lipinski definition) is 1. The molecule has 20 heavy (non-hydrogen) atoms. The maximum atomic E-state index is 11.1. The number of benzene rings is 2. The zero-order valence-corrected chi connectivity index (χ0v) is 12.5. The van der Waals surface area contributed by atoms with Crippen LogP contribution in [-0.2, 0) is 4.79 Å². The lowest BCUT2D eigenvalue weighted by Crippen LogP contribution is -2.03. The van der Waals surface area contributed by atoms with Crippen molar-refractivity contribution in [1.29, 1.82) is 0 Å². The summed E-state index contributed by atoms with van der Waals surface area (Å²) < 4.78 is 0. The molecular weight excluding hydrogens is 268 g/mol. The van der Waals surface area contributed by atoms with E-state index in [0.717, 1.165) is 10.5 Å². The highest BCUT2D eigenvalue weighted by molar-refractivity contribution is 7.99. The maximum Gasteiger partial charge on any atom is 0.304 e. The number of carbonyl (C=O) groups is 1. The molecule has 0 saturated carbocycles. The number of carboxylic acids is 1. The zero-order chi connectivity index (χ0) is 14.5. The molecular formula is C17H18O2S. The molecule has 0 aromatic heterocycles. The minimum Gasteiger partial charge on any atom is -0.481 e. The molecule has 1 unspecified atom stereocenters. The minimum atomic E-state index is -0.768. The van der Waals surface area contributed by atoms with Gasteiger partial charge in [0, 0.05) is 10.1 Å². The number of aliphatic carboxylic acids is 1. The Labute approximate surface area is 123 Å². The van der Waals surface area contributed by atoms with Crippen molar-refractivity contribution in [2.24, 2.45) is 0 Å². The van der Waals surface area contributed by atoms with Gasteiger partial charge in [0.25, 0.3) is 0 Å². The Morgan fingerprint density at radius 2 is 1.80 bits per heavy atom. The second kappa shape index (κ2) is 6.62. The Balaban J connectivity index is 2.23. The number of hydrogen-bond acceptors (Lipinski definition) is 2. The van der Waals surface area contributed by atoms with Crippen molar-refractivity contribution >= 4 is 17.7 Å². The first-order valence-electron chi connectivity index (χ1n) is 6.57. The number of rotatable bonds is 5. The zero-order valence-electron chi connectivity index (χ0n) is 11.7. The molecule has 2 aromatic rings. The first-order valence-corrected chi connectivity index (χ1v) is 7.45. The van der Waals surface area contributed by atoms with Crippen LogP contribution < -0.4 is 0 Å². The average Bonchev–Trinajstić information content (AvgIpc) is 2.43. The Morgan fingerprint density at radius 3 is 2.40 bits per heavy atom. The van der Waals surface area contributed by atoms with Crippen molar-refractivity contribution in [2.45, 2.75) is 30.4 Å². The molecule has 1 N–H and O–H groups in total. The van der Waals surface area contributed by atoms with Crippen molar-refractivity contribution in [1.82, 2.24) is 0 Å². The summed E-state index contributed by atoms with van der Waals surface area (Å²) in [5, 5.41) is 9.05. The topological polar surface area (TPSA) is 37.3 Å². The van der Waals surface area contributed by atoms with Gasteiger partial charge in [-0.25, -0.2) is 0 Å². The molecule has 0 saturated heterocycles. The van der Waals surface area contributed by atoms with Crippen LogP contribution in [0, 0.1) is 13.8 Å². The number of thioether (sulfide) groups is 1. The molecule has 0 amide bonds. The summed E-state index contributed by atoms with van der Waals surface area (Å²) in [6.45, 7) is 4.16. The van der Waals surface area contributed by atoms with Crippen molar-refractivity contribution < 1.29 is 9.90 Å². The van der Waals surface area contributed by atoms with E-state index in [1.54, 1.807) is 11.8 Å². The van der Waals surface area contributed by atoms with Crippen LogP contribution >= 0.6 is 11.8 Å². The van der Waals surface area contributed by atoms with Crippen LogP contribution in [0.3, 0.4) is 0 Å². The van der Waals surface area contributed by atoms with Crippen LogP contribution in [-0.4, -0.2) is 11.1 Å². The van der Waals surface area contributed by atoms with E-state index >= 15 is 0 Å². The molecule has 1 atom stereocenters. The monoisotopic (exact) mass is 286 g/mol. The molecule has 0 bridgehead atoms. The Bertz CT molecular complexity index is 593. The summed E-state index contributed by atoms with van der Waals surface area (Å²) in [6, 6.07) is 16.1. The summed E-state index contributed by atoms with van der Waals surface area (Å²) in [5.74, 6) is -0.768. The first kappa shape index (κ1) is 14.7. The van der Waals surface area contributed by atoms with Crippen molar-refractivity contribution in [3.63, 3.8) is 0 Å². The van der Waals surface area contributed by atoms with E-state index in [9.17, 15) is 4.79 Å². The lowest BCUT2D eigenvalue weighted by atomic mass is 10.1. The molecule has 0 heterocycles. The maximum absolute atomic E-state index is 11.1. The van der Waals surface area contributed by atoms with Crippen molar-refractivity contribution in [3.8, 4) is 0 Å². The predicted octanol–water partition coefficient (Wildman–Crippen LogP) is 4.61. The van der Waals surface area contributed by atoms with Gasteiger partial charge in [0.2, 0.25) is 0 Å². The second-order valence-electron chi connectivity index (χ2n) is 4.86. The normalized spacial score (nSPS) is 12.1. The number of aryl methyl sites for hydroxylation is 2. The van der Waals surface area contributed by atoms with Crippen LogP contribution in [0.15, 0.2) is 53.4 Å². The van der Waals surface area contributed by atoms with E-state index in [1.807, 2.05) is 30.3 Å². The SMILES string of the molecule is Cc1ccc(SC(CC(=O)O)c2ccccc2)cc1C. The lowest BCUT2D eigenvalue weighted by Gasteiger charge is -2.15. The van der Waals surface area contributed by atoms with Gasteiger partial charge >= 0.3 is 5.97 Å². The third-order valence-corrected chi connectivity index (χ3v) is 4.54. The predicted molar refractivity (Wildman–Crippen MR) is 83.2 cm³/mol. The van der Waals surface area contributed by atoms with Crippen LogP contribution in [0.4, 0.5) is 0 Å². The van der Waals surface area contributed by atoms with Crippen molar-refractivity contribution in [3.05, 3.63) is 65.2 Å². The van der Waals surface area contributed by atoms with Gasteiger partial charge in [0.15, 0.2) is 0 Å². The van der Waals surface area contributed by atoms with Gasteiger partial charge in [-0.15, -0.1) is 11.8 Å². The van der Waals surface area contributed by atoms with Crippen LogP contribution in [0.25, 0.3) is 0 Å². The molecule has 0 spiro atoms. The Hall–Kier alpha value is -1.74. The first-order chi connectivity index (χ1) is 9.56. The van der Waals surface area contributed by atoms with Gasteiger partial charge in [0.05, 0.1) is 6.42 Å². The summed E-state index contributed by atoms with van der Waals surface area (Å²) in [4.78, 5) is 12.2. The molecule has 104 valence electrons. The van der Waals surface area contributed by atoms with E-state index in [1.165, 1.54) is 11.1 Å². The van der Waals surface area contributed by atoms with Crippen LogP contribution in [0.5, 0.6) is 0 Å². The third kappa shape index (κ3) is 3.87. The quantitative estimate of drug-likeness (QED) is 0.815. The molecule has 0 aliphatic rings. The van der Waals surface area contributed by atoms with Gasteiger partial charge in [0.1, 0.15) is 0 Å². The van der Waals surface area contributed by atoms with E-state index in [2.05, 4.69) is 32.0 Å². The van der Waals surface area contributed by atoms with Crippen LogP contribution in [0.2, 0.25) is 0 Å². The van der Waals surface area contributed by atoms with Gasteiger partial charge in [-0.3, -0.25) is 4.79 Å². The van der Waals surface area contributed by atoms with E-state index in [0.29, 0.717) is 0 Å². The molecule has 0 aliphatic carbocycles. The largest absolute Gasteiger partial charge is 0.481 e. The van der Waals surface area contributed by atoms with Gasteiger partial charge in [-0.1, -0.05) is 36.4 Å². The summed E-state index contributed by atoms with van der Waals surface area (Å²) in [5.41, 5.74) is 3.54. The van der Waals surface area contributed by atoms with E-state index in [4.69, 9.17) is 5.11 Å². The molecule has 2 nitrogen and oxygen atoms in total. The highest BCUT2D eigenvalue weighted by Gasteiger charge is 2.17. The van der Waals surface area contributed by atoms with Gasteiger partial charge in [-0.05, 0) is 42.7 Å². The van der Waals surface area contributed by atoms with Gasteiger partial charge < -0.3 is 5.11 Å².